The molecule has 0 aliphatic carbocycles. The molecule has 0 bridgehead atoms. The van der Waals surface area contributed by atoms with Gasteiger partial charge in [0.1, 0.15) is 4.90 Å². The van der Waals surface area contributed by atoms with Crippen molar-refractivity contribution in [3.05, 3.63) is 64.7 Å². The third kappa shape index (κ3) is 5.53. The number of primary sulfonamides is 1. The monoisotopic (exact) mass is 423 g/mol. The summed E-state index contributed by atoms with van der Waals surface area (Å²) in [5.41, 5.74) is 1.22. The van der Waals surface area contributed by atoms with Crippen LogP contribution in [-0.4, -0.2) is 55.6 Å². The highest BCUT2D eigenvalue weighted by molar-refractivity contribution is 7.89. The van der Waals surface area contributed by atoms with Crippen molar-refractivity contribution >= 4 is 21.6 Å². The molecule has 1 fully saturated rings. The van der Waals surface area contributed by atoms with E-state index in [4.69, 9.17) is 16.7 Å². The van der Waals surface area contributed by atoms with Gasteiger partial charge in [-0.3, -0.25) is 9.80 Å². The van der Waals surface area contributed by atoms with Crippen LogP contribution >= 0.6 is 11.6 Å². The number of nitrogens with zero attached hydrogens (tertiary/aromatic N) is 2. The first kappa shape index (κ1) is 21.2. The third-order valence-electron chi connectivity index (χ3n) is 4.98. The fourth-order valence-corrected chi connectivity index (χ4v) is 4.88. The Morgan fingerprint density at radius 1 is 1.21 bits per heavy atom. The van der Waals surface area contributed by atoms with Crippen molar-refractivity contribution in [3.8, 4) is 0 Å². The van der Waals surface area contributed by atoms with E-state index < -0.39 is 15.6 Å². The molecule has 28 heavy (non-hydrogen) atoms. The maximum Gasteiger partial charge on any atom is 0.239 e. The van der Waals surface area contributed by atoms with E-state index in [-0.39, 0.29) is 9.92 Å². The number of β-amino-alcohol motifs (C(OH)–C–C–N with tert-alkyl or cyclic N) is 1. The fraction of sp³-hybridized carbons (Fsp3) is 0.400. The average molecular weight is 424 g/mol. The van der Waals surface area contributed by atoms with Gasteiger partial charge in [0.05, 0.1) is 10.6 Å². The smallest absolute Gasteiger partial charge is 0.239 e. The first-order chi connectivity index (χ1) is 13.1. The molecule has 0 aromatic heterocycles. The third-order valence-corrected chi connectivity index (χ3v) is 6.37. The number of nitrogens with two attached hydrogens (primary N) is 1. The second kappa shape index (κ2) is 8.49. The topological polar surface area (TPSA) is 86.9 Å². The number of aliphatic hydroxyl groups is 1. The normalized spacial score (nSPS) is 20.8. The summed E-state index contributed by atoms with van der Waals surface area (Å²) >= 11 is 5.94. The molecule has 6 nitrogen and oxygen atoms in total. The highest BCUT2D eigenvalue weighted by Crippen LogP contribution is 2.26. The number of sulfonamides is 1. The zero-order valence-electron chi connectivity index (χ0n) is 15.9. The molecule has 1 atom stereocenters. The molecule has 152 valence electrons. The molecule has 0 spiro atoms. The quantitative estimate of drug-likeness (QED) is 0.711. The van der Waals surface area contributed by atoms with Crippen LogP contribution in [-0.2, 0) is 23.1 Å². The second-order valence-corrected chi connectivity index (χ2v) is 9.59. The second-order valence-electron chi connectivity index (χ2n) is 7.65. The largest absolute Gasteiger partial charge is 0.387 e. The Morgan fingerprint density at radius 3 is 2.61 bits per heavy atom. The Labute approximate surface area is 171 Å². The number of likely N-dealkylation sites (N-methyl/N-ethyl adjacent to an activating group) is 1. The lowest BCUT2D eigenvalue weighted by molar-refractivity contribution is 0.0162. The van der Waals surface area contributed by atoms with Gasteiger partial charge in [-0.2, -0.15) is 0 Å². The number of rotatable bonds is 7. The van der Waals surface area contributed by atoms with Crippen molar-refractivity contribution in [1.29, 1.82) is 0 Å². The van der Waals surface area contributed by atoms with E-state index in [0.717, 1.165) is 18.7 Å². The number of hydrogen-bond acceptors (Lipinski definition) is 5. The minimum atomic E-state index is -3.87. The van der Waals surface area contributed by atoms with Crippen LogP contribution in [0.2, 0.25) is 5.02 Å². The van der Waals surface area contributed by atoms with Crippen LogP contribution in [0.5, 0.6) is 0 Å². The van der Waals surface area contributed by atoms with Crippen LogP contribution in [0.25, 0.3) is 0 Å². The Bertz CT molecular complexity index is 924. The van der Waals surface area contributed by atoms with Gasteiger partial charge < -0.3 is 5.11 Å². The van der Waals surface area contributed by atoms with E-state index in [0.29, 0.717) is 26.1 Å². The van der Waals surface area contributed by atoms with Crippen LogP contribution in [0.4, 0.5) is 0 Å². The van der Waals surface area contributed by atoms with E-state index in [1.54, 1.807) is 6.07 Å². The van der Waals surface area contributed by atoms with E-state index in [1.807, 2.05) is 30.1 Å². The zero-order valence-corrected chi connectivity index (χ0v) is 17.5. The number of hydrogen-bond donors (Lipinski definition) is 2. The highest BCUT2D eigenvalue weighted by Gasteiger charge is 2.36. The molecule has 3 N–H and O–H groups in total. The maximum atomic E-state index is 11.6. The Hall–Kier alpha value is -1.48. The Balaban J connectivity index is 1.60. The lowest BCUT2D eigenvalue weighted by Crippen LogP contribution is -2.43. The SMILES string of the molecule is CN(Cc1ccc(Cl)c(S(N)(=O)=O)c1)CC1(O)CCN(Cc2ccccc2)C1. The molecule has 2 aromatic rings. The fourth-order valence-electron chi connectivity index (χ4n) is 3.78. The molecule has 8 heteroatoms. The van der Waals surface area contributed by atoms with Gasteiger partial charge in [-0.1, -0.05) is 48.0 Å². The van der Waals surface area contributed by atoms with E-state index >= 15 is 0 Å². The van der Waals surface area contributed by atoms with Crippen molar-refractivity contribution < 1.29 is 13.5 Å². The molecule has 2 aromatic carbocycles. The van der Waals surface area contributed by atoms with Gasteiger partial charge in [0, 0.05) is 32.7 Å². The van der Waals surface area contributed by atoms with Gasteiger partial charge in [0.25, 0.3) is 0 Å². The molecule has 1 heterocycles. The van der Waals surface area contributed by atoms with Gasteiger partial charge >= 0.3 is 0 Å². The maximum absolute atomic E-state index is 11.6. The predicted molar refractivity (Wildman–Crippen MR) is 110 cm³/mol. The minimum Gasteiger partial charge on any atom is -0.387 e. The summed E-state index contributed by atoms with van der Waals surface area (Å²) in [7, 11) is -1.96. The first-order valence-electron chi connectivity index (χ1n) is 9.13. The van der Waals surface area contributed by atoms with Crippen molar-refractivity contribution in [2.24, 2.45) is 5.14 Å². The summed E-state index contributed by atoms with van der Waals surface area (Å²) in [5.74, 6) is 0. The molecule has 1 unspecified atom stereocenters. The first-order valence-corrected chi connectivity index (χ1v) is 11.1. The van der Waals surface area contributed by atoms with Crippen molar-refractivity contribution in [1.82, 2.24) is 9.80 Å². The average Bonchev–Trinajstić information content (AvgIpc) is 2.96. The van der Waals surface area contributed by atoms with E-state index in [9.17, 15) is 13.5 Å². The molecular formula is C20H26ClN3O3S. The standard InChI is InChI=1S/C20H26ClN3O3S/c1-23(12-17-7-8-18(21)19(11-17)28(22,26)27)14-20(25)9-10-24(15-20)13-16-5-3-2-4-6-16/h2-8,11,25H,9-10,12-15H2,1H3,(H2,22,26,27). The van der Waals surface area contributed by atoms with Gasteiger partial charge in [-0.15, -0.1) is 0 Å². The molecule has 3 rings (SSSR count). The Kier molecular flexibility index (Phi) is 6.44. The number of halogens is 1. The Morgan fingerprint density at radius 2 is 1.93 bits per heavy atom. The van der Waals surface area contributed by atoms with Gasteiger partial charge in [-0.25, -0.2) is 13.6 Å². The van der Waals surface area contributed by atoms with Crippen molar-refractivity contribution in [3.63, 3.8) is 0 Å². The van der Waals surface area contributed by atoms with E-state index in [2.05, 4.69) is 17.0 Å². The molecule has 0 saturated carbocycles. The molecule has 0 amide bonds. The van der Waals surface area contributed by atoms with Crippen LogP contribution in [0.1, 0.15) is 17.5 Å². The van der Waals surface area contributed by atoms with Crippen molar-refractivity contribution in [2.45, 2.75) is 30.0 Å². The molecule has 1 aliphatic heterocycles. The van der Waals surface area contributed by atoms with Crippen LogP contribution in [0.15, 0.2) is 53.4 Å². The van der Waals surface area contributed by atoms with Crippen molar-refractivity contribution in [2.75, 3.05) is 26.7 Å². The lowest BCUT2D eigenvalue weighted by Gasteiger charge is -2.29. The van der Waals surface area contributed by atoms with E-state index in [1.165, 1.54) is 17.7 Å². The number of benzene rings is 2. The summed E-state index contributed by atoms with van der Waals surface area (Å²) in [6.07, 6.45) is 0.702. The summed E-state index contributed by atoms with van der Waals surface area (Å²) in [6, 6.07) is 15.0. The summed E-state index contributed by atoms with van der Waals surface area (Å²) in [6.45, 7) is 3.25. The molecule has 1 aliphatic rings. The minimum absolute atomic E-state index is 0.0753. The van der Waals surface area contributed by atoms with Crippen LogP contribution in [0, 0.1) is 0 Å². The molecule has 0 radical (unpaired) electrons. The predicted octanol–water partition coefficient (Wildman–Crippen LogP) is 2.06. The molecule has 1 saturated heterocycles. The summed E-state index contributed by atoms with van der Waals surface area (Å²) < 4.78 is 23.3. The van der Waals surface area contributed by atoms with Gasteiger partial charge in [-0.05, 0) is 36.7 Å². The van der Waals surface area contributed by atoms with Gasteiger partial charge in [0.2, 0.25) is 10.0 Å². The van der Waals surface area contributed by atoms with Crippen LogP contribution in [0.3, 0.4) is 0 Å². The van der Waals surface area contributed by atoms with Crippen LogP contribution < -0.4 is 5.14 Å². The summed E-state index contributed by atoms with van der Waals surface area (Å²) in [4.78, 5) is 4.17. The summed E-state index contributed by atoms with van der Waals surface area (Å²) in [5, 5.41) is 16.3. The van der Waals surface area contributed by atoms with Gasteiger partial charge in [0.15, 0.2) is 0 Å². The number of likely N-dealkylation sites (tertiary alicyclic amines) is 1. The zero-order chi connectivity index (χ0) is 20.4. The molecular weight excluding hydrogens is 398 g/mol. The highest BCUT2D eigenvalue weighted by atomic mass is 35.5. The lowest BCUT2D eigenvalue weighted by atomic mass is 10.0.